The third-order valence-corrected chi connectivity index (χ3v) is 9.13. The molecule has 7 rings (SSSR count). The van der Waals surface area contributed by atoms with Crippen LogP contribution in [0.3, 0.4) is 0 Å². The van der Waals surface area contributed by atoms with Gasteiger partial charge < -0.3 is 28.9 Å². The van der Waals surface area contributed by atoms with Gasteiger partial charge in [-0.15, -0.1) is 6.58 Å². The standard InChI is InChI=1S/C33H31N7O8/c1-3-5-20-21-12-18-16-40-25(13-23-22(29(40)42)17-47-30(43)33(23,45)4-2)27(18)36-24(21)6-7-26(20)48-32(44)39-10-8-38(9-11-39)31-34-14-19(15-35-31)28(41)37-46/h3,6-7,12-15,45-46H,1,4-5,8-11,16-17H2,2H3,(H,37,41)/t33-/m0/s1. The molecule has 0 saturated carbocycles. The van der Waals surface area contributed by atoms with Gasteiger partial charge >= 0.3 is 12.1 Å². The lowest BCUT2D eigenvalue weighted by Crippen LogP contribution is -2.50. The van der Waals surface area contributed by atoms with Gasteiger partial charge in [0, 0.05) is 60.6 Å². The van der Waals surface area contributed by atoms with E-state index in [1.54, 1.807) is 40.7 Å². The van der Waals surface area contributed by atoms with E-state index in [0.29, 0.717) is 66.8 Å². The summed E-state index contributed by atoms with van der Waals surface area (Å²) in [5.41, 5.74) is 3.08. The number of fused-ring (bicyclic) bond motifs is 5. The fraction of sp³-hybridized carbons (Fsp3) is 0.303. The number of ether oxygens (including phenoxy) is 2. The summed E-state index contributed by atoms with van der Waals surface area (Å²) >= 11 is 0. The fourth-order valence-electron chi connectivity index (χ4n) is 6.46. The number of aromatic nitrogens is 4. The average Bonchev–Trinajstić information content (AvgIpc) is 3.47. The van der Waals surface area contributed by atoms with Gasteiger partial charge in [0.2, 0.25) is 5.95 Å². The molecule has 1 atom stereocenters. The van der Waals surface area contributed by atoms with Crippen molar-refractivity contribution in [3.63, 3.8) is 0 Å². The monoisotopic (exact) mass is 653 g/mol. The molecule has 0 unspecified atom stereocenters. The molecule has 0 spiro atoms. The van der Waals surface area contributed by atoms with E-state index in [4.69, 9.17) is 19.7 Å². The van der Waals surface area contributed by atoms with Crippen molar-refractivity contribution in [2.24, 2.45) is 0 Å². The second-order valence-corrected chi connectivity index (χ2v) is 11.8. The molecular formula is C33H31N7O8. The number of allylic oxidation sites excluding steroid dienone is 1. The van der Waals surface area contributed by atoms with Crippen LogP contribution in [0.25, 0.3) is 22.3 Å². The minimum Gasteiger partial charge on any atom is -0.458 e. The lowest BCUT2D eigenvalue weighted by atomic mass is 9.86. The molecular weight excluding hydrogens is 622 g/mol. The first-order chi connectivity index (χ1) is 23.2. The number of hydrogen-bond donors (Lipinski definition) is 3. The highest BCUT2D eigenvalue weighted by atomic mass is 16.6. The van der Waals surface area contributed by atoms with Gasteiger partial charge in [0.1, 0.15) is 12.4 Å². The molecule has 48 heavy (non-hydrogen) atoms. The minimum atomic E-state index is -1.91. The van der Waals surface area contributed by atoms with Crippen LogP contribution >= 0.6 is 0 Å². The number of hydrogen-bond acceptors (Lipinski definition) is 12. The number of anilines is 1. The van der Waals surface area contributed by atoms with E-state index in [9.17, 15) is 24.3 Å². The van der Waals surface area contributed by atoms with E-state index >= 15 is 0 Å². The van der Waals surface area contributed by atoms with Gasteiger partial charge in [-0.1, -0.05) is 13.0 Å². The molecule has 0 aliphatic carbocycles. The van der Waals surface area contributed by atoms with Crippen molar-refractivity contribution in [2.45, 2.75) is 38.5 Å². The number of nitrogens with one attached hydrogen (secondary N) is 1. The first-order valence-corrected chi connectivity index (χ1v) is 15.4. The van der Waals surface area contributed by atoms with Crippen molar-refractivity contribution in [1.82, 2.24) is 29.9 Å². The van der Waals surface area contributed by atoms with Crippen molar-refractivity contribution >= 4 is 34.8 Å². The Bertz CT molecular complexity index is 2070. The molecule has 6 heterocycles. The Labute approximate surface area is 273 Å². The lowest BCUT2D eigenvalue weighted by Gasteiger charge is -2.34. The van der Waals surface area contributed by atoms with Gasteiger partial charge in [-0.25, -0.2) is 30.0 Å². The zero-order chi connectivity index (χ0) is 33.7. The number of carbonyl (C=O) groups is 3. The Kier molecular flexibility index (Phi) is 7.64. The Hall–Kier alpha value is -5.67. The van der Waals surface area contributed by atoms with E-state index in [2.05, 4.69) is 16.5 Å². The van der Waals surface area contributed by atoms with Gasteiger partial charge in [-0.2, -0.15) is 0 Å². The van der Waals surface area contributed by atoms with Crippen molar-refractivity contribution in [3.8, 4) is 17.1 Å². The Balaban J connectivity index is 1.13. The second-order valence-electron chi connectivity index (χ2n) is 11.8. The molecule has 3 aliphatic heterocycles. The van der Waals surface area contributed by atoms with Gasteiger partial charge in [-0.3, -0.25) is 14.8 Å². The third kappa shape index (κ3) is 4.94. The maximum absolute atomic E-state index is 13.5. The summed E-state index contributed by atoms with van der Waals surface area (Å²) in [6, 6.07) is 7.04. The van der Waals surface area contributed by atoms with Gasteiger partial charge in [0.15, 0.2) is 5.60 Å². The number of benzene rings is 1. The highest BCUT2D eigenvalue weighted by molar-refractivity contribution is 5.93. The van der Waals surface area contributed by atoms with E-state index in [-0.39, 0.29) is 41.8 Å². The smallest absolute Gasteiger partial charge is 0.415 e. The largest absolute Gasteiger partial charge is 0.458 e. The van der Waals surface area contributed by atoms with Crippen molar-refractivity contribution in [1.29, 1.82) is 0 Å². The molecule has 15 heteroatoms. The summed E-state index contributed by atoms with van der Waals surface area (Å²) in [5, 5.41) is 20.7. The summed E-state index contributed by atoms with van der Waals surface area (Å²) in [6.07, 6.45) is 4.26. The zero-order valence-electron chi connectivity index (χ0n) is 25.9. The maximum Gasteiger partial charge on any atom is 0.415 e. The molecule has 246 valence electrons. The van der Waals surface area contributed by atoms with Crippen LogP contribution in [0.5, 0.6) is 5.75 Å². The summed E-state index contributed by atoms with van der Waals surface area (Å²) in [7, 11) is 0. The molecule has 1 saturated heterocycles. The predicted molar refractivity (Wildman–Crippen MR) is 170 cm³/mol. The Morgan fingerprint density at radius 3 is 2.58 bits per heavy atom. The highest BCUT2D eigenvalue weighted by Crippen LogP contribution is 2.40. The normalized spacial score (nSPS) is 18.1. The van der Waals surface area contributed by atoms with Crippen LogP contribution in [0.2, 0.25) is 0 Å². The Morgan fingerprint density at radius 2 is 1.90 bits per heavy atom. The number of cyclic esters (lactones) is 1. The van der Waals surface area contributed by atoms with E-state index in [1.165, 1.54) is 17.9 Å². The van der Waals surface area contributed by atoms with Gasteiger partial charge in [0.05, 0.1) is 34.6 Å². The quantitative estimate of drug-likeness (QED) is 0.105. The summed E-state index contributed by atoms with van der Waals surface area (Å²) in [4.78, 5) is 67.6. The summed E-state index contributed by atoms with van der Waals surface area (Å²) in [5.74, 6) is -0.727. The molecule has 15 nitrogen and oxygen atoms in total. The number of nitrogens with zero attached hydrogens (tertiary/aromatic N) is 6. The highest BCUT2D eigenvalue weighted by Gasteiger charge is 2.45. The minimum absolute atomic E-state index is 0.0530. The lowest BCUT2D eigenvalue weighted by molar-refractivity contribution is -0.172. The number of aliphatic hydroxyl groups is 1. The number of esters is 1. The third-order valence-electron chi connectivity index (χ3n) is 9.13. The van der Waals surface area contributed by atoms with Crippen molar-refractivity contribution < 1.29 is 34.2 Å². The van der Waals surface area contributed by atoms with Crippen molar-refractivity contribution in [2.75, 3.05) is 31.1 Å². The number of amides is 2. The predicted octanol–water partition coefficient (Wildman–Crippen LogP) is 2.04. The number of rotatable bonds is 6. The van der Waals surface area contributed by atoms with Crippen LogP contribution in [0.1, 0.15) is 46.0 Å². The van der Waals surface area contributed by atoms with Crippen LogP contribution in [-0.2, 0) is 34.7 Å². The number of carbonyl (C=O) groups excluding carboxylic acids is 3. The van der Waals surface area contributed by atoms with Crippen LogP contribution in [0.15, 0.2) is 54.1 Å². The molecule has 0 radical (unpaired) electrons. The molecule has 2 amide bonds. The number of pyridine rings is 2. The molecule has 1 fully saturated rings. The maximum atomic E-state index is 13.5. The first kappa shape index (κ1) is 31.0. The summed E-state index contributed by atoms with van der Waals surface area (Å²) in [6.45, 7) is 7.15. The molecule has 4 aromatic rings. The van der Waals surface area contributed by atoms with Gasteiger partial charge in [0.25, 0.3) is 11.5 Å². The average molecular weight is 654 g/mol. The molecule has 3 aliphatic rings. The van der Waals surface area contributed by atoms with Crippen LogP contribution in [-0.4, -0.2) is 78.9 Å². The van der Waals surface area contributed by atoms with Crippen LogP contribution < -0.4 is 20.7 Å². The van der Waals surface area contributed by atoms with Gasteiger partial charge in [-0.05, 0) is 37.1 Å². The van der Waals surface area contributed by atoms with Crippen molar-refractivity contribution in [3.05, 3.63) is 87.5 Å². The SMILES string of the molecule is C=CCc1c(OC(=O)N2CCN(c3ncc(C(=O)NO)cn3)CC2)ccc2nc3c(cc12)Cn1c-3cc2c(c1=O)COC(=O)[C@]2(O)CC. The van der Waals surface area contributed by atoms with Crippen LogP contribution in [0, 0.1) is 0 Å². The molecule has 1 aromatic carbocycles. The van der Waals surface area contributed by atoms with Crippen LogP contribution in [0.4, 0.5) is 10.7 Å². The molecule has 3 aromatic heterocycles. The topological polar surface area (TPSA) is 189 Å². The molecule has 3 N–H and O–H groups in total. The zero-order valence-corrected chi connectivity index (χ0v) is 25.9. The summed E-state index contributed by atoms with van der Waals surface area (Å²) < 4.78 is 12.7. The Morgan fingerprint density at radius 1 is 1.15 bits per heavy atom. The molecule has 0 bridgehead atoms. The van der Waals surface area contributed by atoms with E-state index < -0.39 is 23.6 Å². The fourth-order valence-corrected chi connectivity index (χ4v) is 6.46. The number of hydroxylamine groups is 1. The van der Waals surface area contributed by atoms with E-state index in [0.717, 1.165) is 10.9 Å². The number of piperazine rings is 1. The second kappa shape index (κ2) is 11.8. The van der Waals surface area contributed by atoms with E-state index in [1.807, 2.05) is 11.0 Å². The first-order valence-electron chi connectivity index (χ1n) is 15.4.